The van der Waals surface area contributed by atoms with Gasteiger partial charge in [-0.25, -0.2) is 9.59 Å². The summed E-state index contributed by atoms with van der Waals surface area (Å²) in [6.07, 6.45) is 0.778. The van der Waals surface area contributed by atoms with Gasteiger partial charge in [0.25, 0.3) is 11.6 Å². The van der Waals surface area contributed by atoms with Gasteiger partial charge in [-0.15, -0.1) is 0 Å². The number of aryl methyl sites for hydroxylation is 1. The number of nitro benzene ring substituents is 1. The van der Waals surface area contributed by atoms with Crippen LogP contribution in [0.25, 0.3) is 11.0 Å². The quantitative estimate of drug-likeness (QED) is 0.267. The second kappa shape index (κ2) is 9.21. The standard InChI is InChI=1S/C22H20N2O7/c1-3-14-7-8-18-16(11-20(25)31-19(18)9-14)12-30-22(27)13(2)23-21(26)15-5-4-6-17(10-15)24(28)29/h4-11,13H,3,12H2,1-2H3,(H,23,26)/t13-/m0/s1. The van der Waals surface area contributed by atoms with Crippen LogP contribution in [0.15, 0.2) is 57.7 Å². The summed E-state index contributed by atoms with van der Waals surface area (Å²) in [4.78, 5) is 46.7. The second-order valence-corrected chi connectivity index (χ2v) is 6.89. The molecule has 0 radical (unpaired) electrons. The summed E-state index contributed by atoms with van der Waals surface area (Å²) in [6, 6.07) is 10.9. The van der Waals surface area contributed by atoms with Crippen LogP contribution in [0.3, 0.4) is 0 Å². The molecule has 9 nitrogen and oxygen atoms in total. The molecule has 0 fully saturated rings. The Bertz CT molecular complexity index is 1220. The first-order valence-electron chi connectivity index (χ1n) is 9.56. The van der Waals surface area contributed by atoms with Crippen molar-refractivity contribution in [3.63, 3.8) is 0 Å². The molecule has 0 spiro atoms. The van der Waals surface area contributed by atoms with Crippen LogP contribution in [-0.2, 0) is 22.6 Å². The molecule has 1 aromatic heterocycles. The minimum atomic E-state index is -1.01. The first-order valence-corrected chi connectivity index (χ1v) is 9.56. The van der Waals surface area contributed by atoms with Gasteiger partial charge in [0.1, 0.15) is 18.2 Å². The van der Waals surface area contributed by atoms with Gasteiger partial charge in [-0.1, -0.05) is 25.1 Å². The zero-order valence-corrected chi connectivity index (χ0v) is 16.9. The first-order chi connectivity index (χ1) is 14.8. The molecule has 0 bridgehead atoms. The predicted octanol–water partition coefficient (Wildman–Crippen LogP) is 3.13. The van der Waals surface area contributed by atoms with Crippen molar-refractivity contribution in [1.82, 2.24) is 5.32 Å². The number of rotatable bonds is 7. The number of nitrogens with zero attached hydrogens (tertiary/aromatic N) is 1. The Hall–Kier alpha value is -4.01. The van der Waals surface area contributed by atoms with E-state index in [4.69, 9.17) is 9.15 Å². The molecule has 0 unspecified atom stereocenters. The predicted molar refractivity (Wildman–Crippen MR) is 112 cm³/mol. The Morgan fingerprint density at radius 3 is 2.68 bits per heavy atom. The van der Waals surface area contributed by atoms with Gasteiger partial charge in [-0.3, -0.25) is 14.9 Å². The number of hydrogen-bond acceptors (Lipinski definition) is 7. The van der Waals surface area contributed by atoms with Crippen molar-refractivity contribution < 1.29 is 23.7 Å². The lowest BCUT2D eigenvalue weighted by Gasteiger charge is -2.14. The lowest BCUT2D eigenvalue weighted by molar-refractivity contribution is -0.384. The first kappa shape index (κ1) is 21.7. The lowest BCUT2D eigenvalue weighted by Crippen LogP contribution is -2.39. The van der Waals surface area contributed by atoms with E-state index in [1.54, 1.807) is 12.1 Å². The van der Waals surface area contributed by atoms with Gasteiger partial charge in [0, 0.05) is 34.7 Å². The summed E-state index contributed by atoms with van der Waals surface area (Å²) in [7, 11) is 0. The maximum absolute atomic E-state index is 12.3. The van der Waals surface area contributed by atoms with Gasteiger partial charge in [-0.05, 0) is 31.0 Å². The summed E-state index contributed by atoms with van der Waals surface area (Å²) in [5.74, 6) is -1.36. The highest BCUT2D eigenvalue weighted by molar-refractivity contribution is 5.97. The number of esters is 1. The van der Waals surface area contributed by atoms with Crippen LogP contribution in [0.5, 0.6) is 0 Å². The normalized spacial score (nSPS) is 11.7. The van der Waals surface area contributed by atoms with Crippen LogP contribution in [0, 0.1) is 10.1 Å². The highest BCUT2D eigenvalue weighted by atomic mass is 16.6. The van der Waals surface area contributed by atoms with Gasteiger partial charge < -0.3 is 14.5 Å². The number of ether oxygens (including phenoxy) is 1. The average molecular weight is 424 g/mol. The number of nitro groups is 1. The van der Waals surface area contributed by atoms with Crippen molar-refractivity contribution in [3.8, 4) is 0 Å². The molecule has 2 aromatic carbocycles. The number of nitrogens with one attached hydrogen (secondary N) is 1. The van der Waals surface area contributed by atoms with E-state index >= 15 is 0 Å². The summed E-state index contributed by atoms with van der Waals surface area (Å²) in [5, 5.41) is 13.9. The highest BCUT2D eigenvalue weighted by Crippen LogP contribution is 2.20. The number of carbonyl (C=O) groups excluding carboxylic acids is 2. The maximum atomic E-state index is 12.3. The Balaban J connectivity index is 1.68. The van der Waals surface area contributed by atoms with Gasteiger partial charge in [0.15, 0.2) is 0 Å². The average Bonchev–Trinajstić information content (AvgIpc) is 2.76. The largest absolute Gasteiger partial charge is 0.459 e. The number of hydrogen-bond donors (Lipinski definition) is 1. The molecule has 0 aliphatic rings. The third kappa shape index (κ3) is 5.13. The Morgan fingerprint density at radius 2 is 1.97 bits per heavy atom. The Kier molecular flexibility index (Phi) is 6.44. The lowest BCUT2D eigenvalue weighted by atomic mass is 10.1. The smallest absolute Gasteiger partial charge is 0.336 e. The SMILES string of the molecule is CCc1ccc2c(COC(=O)[C@H](C)NC(=O)c3cccc([N+](=O)[O-])c3)cc(=O)oc2c1. The van der Waals surface area contributed by atoms with Crippen LogP contribution >= 0.6 is 0 Å². The number of carbonyl (C=O) groups is 2. The minimum Gasteiger partial charge on any atom is -0.459 e. The molecule has 9 heteroatoms. The summed E-state index contributed by atoms with van der Waals surface area (Å²) < 4.78 is 10.5. The number of benzene rings is 2. The fourth-order valence-corrected chi connectivity index (χ4v) is 2.99. The molecule has 1 heterocycles. The Morgan fingerprint density at radius 1 is 1.19 bits per heavy atom. The molecule has 31 heavy (non-hydrogen) atoms. The van der Waals surface area contributed by atoms with Crippen molar-refractivity contribution in [2.45, 2.75) is 32.9 Å². The molecule has 0 saturated heterocycles. The molecular formula is C22H20N2O7. The molecule has 3 aromatic rings. The fourth-order valence-electron chi connectivity index (χ4n) is 2.99. The maximum Gasteiger partial charge on any atom is 0.336 e. The van der Waals surface area contributed by atoms with Crippen molar-refractivity contribution >= 4 is 28.5 Å². The summed E-state index contributed by atoms with van der Waals surface area (Å²) in [6.45, 7) is 3.24. The van der Waals surface area contributed by atoms with Gasteiger partial charge in [0.2, 0.25) is 0 Å². The zero-order chi connectivity index (χ0) is 22.5. The number of fused-ring (bicyclic) bond motifs is 1. The highest BCUT2D eigenvalue weighted by Gasteiger charge is 2.20. The van der Waals surface area contributed by atoms with E-state index in [9.17, 15) is 24.5 Å². The van der Waals surface area contributed by atoms with Crippen LogP contribution in [0.4, 0.5) is 5.69 Å². The molecule has 160 valence electrons. The molecule has 0 aliphatic carbocycles. The van der Waals surface area contributed by atoms with Crippen LogP contribution in [0.1, 0.15) is 35.3 Å². The molecule has 1 amide bonds. The van der Waals surface area contributed by atoms with Crippen molar-refractivity contribution in [2.24, 2.45) is 0 Å². The van der Waals surface area contributed by atoms with Crippen molar-refractivity contribution in [2.75, 3.05) is 0 Å². The van der Waals surface area contributed by atoms with Gasteiger partial charge in [-0.2, -0.15) is 0 Å². The third-order valence-corrected chi connectivity index (χ3v) is 4.69. The monoisotopic (exact) mass is 424 g/mol. The van der Waals surface area contributed by atoms with Crippen molar-refractivity contribution in [3.05, 3.63) is 85.8 Å². The van der Waals surface area contributed by atoms with E-state index < -0.39 is 28.5 Å². The molecule has 1 atom stereocenters. The van der Waals surface area contributed by atoms with Crippen LogP contribution < -0.4 is 10.9 Å². The van der Waals surface area contributed by atoms with Crippen molar-refractivity contribution in [1.29, 1.82) is 0 Å². The van der Waals surface area contributed by atoms with Gasteiger partial charge in [0.05, 0.1) is 4.92 Å². The van der Waals surface area contributed by atoms with Crippen LogP contribution in [-0.4, -0.2) is 22.8 Å². The number of amides is 1. The minimum absolute atomic E-state index is 0.0484. The Labute approximate surface area is 176 Å². The fraction of sp³-hybridized carbons (Fsp3) is 0.227. The van der Waals surface area contributed by atoms with Crippen LogP contribution in [0.2, 0.25) is 0 Å². The third-order valence-electron chi connectivity index (χ3n) is 4.69. The molecule has 0 aliphatic heterocycles. The van der Waals surface area contributed by atoms with E-state index in [0.717, 1.165) is 18.1 Å². The summed E-state index contributed by atoms with van der Waals surface area (Å²) in [5.41, 5.74) is 1.15. The molecule has 3 rings (SSSR count). The van der Waals surface area contributed by atoms with E-state index in [-0.39, 0.29) is 17.9 Å². The zero-order valence-electron chi connectivity index (χ0n) is 16.9. The van der Waals surface area contributed by atoms with E-state index in [2.05, 4.69) is 5.32 Å². The molecular weight excluding hydrogens is 404 g/mol. The van der Waals surface area contributed by atoms with Gasteiger partial charge >= 0.3 is 11.6 Å². The van der Waals surface area contributed by atoms with E-state index in [0.29, 0.717) is 16.5 Å². The van der Waals surface area contributed by atoms with E-state index in [1.165, 1.54) is 31.2 Å². The topological polar surface area (TPSA) is 129 Å². The summed E-state index contributed by atoms with van der Waals surface area (Å²) >= 11 is 0. The number of non-ortho nitro benzene ring substituents is 1. The second-order valence-electron chi connectivity index (χ2n) is 6.89. The molecule has 0 saturated carbocycles. The molecule has 1 N–H and O–H groups in total. The van der Waals surface area contributed by atoms with E-state index in [1.807, 2.05) is 13.0 Å².